The zero-order valence-electron chi connectivity index (χ0n) is 21.6. The van der Waals surface area contributed by atoms with Crippen molar-refractivity contribution >= 4 is 17.0 Å². The molecular formula is C16H21N3O2. The molecule has 2 heterocycles. The number of nitrogens with one attached hydrogen (secondary N) is 2. The molecule has 2 N–H and O–H groups in total. The number of carbonyl (C=O) groups is 1. The number of ether oxygens (including phenoxy) is 1. The van der Waals surface area contributed by atoms with Crippen LogP contribution in [0.4, 0.5) is 4.79 Å². The molecule has 1 atom stereocenters. The Bertz CT molecular complexity index is 1070. The van der Waals surface area contributed by atoms with E-state index in [0.29, 0.717) is 4.98 Å². The van der Waals surface area contributed by atoms with Crippen LogP contribution in [-0.4, -0.2) is 49.2 Å². The Morgan fingerprint density at radius 2 is 2.43 bits per heavy atom. The number of benzene rings is 1. The minimum absolute atomic E-state index is 0.0688. The Hall–Kier alpha value is -2.01. The van der Waals surface area contributed by atoms with Crippen molar-refractivity contribution in [2.24, 2.45) is 0 Å². The molecule has 5 heteroatoms. The number of amides is 1. The summed E-state index contributed by atoms with van der Waals surface area (Å²) in [5.41, 5.74) is -0.922. The molecule has 2 aromatic rings. The van der Waals surface area contributed by atoms with Crippen molar-refractivity contribution in [1.29, 1.82) is 0 Å². The molecule has 0 unspecified atom stereocenters. The van der Waals surface area contributed by atoms with Crippen LogP contribution < -0.4 is 5.31 Å². The lowest BCUT2D eigenvalue weighted by molar-refractivity contribution is 0.177. The molecule has 1 amide bonds. The van der Waals surface area contributed by atoms with Gasteiger partial charge < -0.3 is 19.9 Å². The van der Waals surface area contributed by atoms with E-state index in [1.165, 1.54) is 19.0 Å². The van der Waals surface area contributed by atoms with Crippen molar-refractivity contribution in [3.63, 3.8) is 0 Å². The normalized spacial score (nSPS) is 26.9. The quantitative estimate of drug-likeness (QED) is 0.886. The summed E-state index contributed by atoms with van der Waals surface area (Å²) < 4.78 is 87.3. The minimum Gasteiger partial charge on any atom is -0.447 e. The average molecular weight is 297 g/mol. The van der Waals surface area contributed by atoms with Crippen molar-refractivity contribution in [3.8, 4) is 0 Å². The maximum Gasteiger partial charge on any atom is 0.407 e. The highest BCUT2D eigenvalue weighted by Crippen LogP contribution is 2.21. The molecule has 1 aliphatic heterocycles. The Labute approximate surface area is 138 Å². The number of nitrogens with zero attached hydrogens (tertiary/aromatic N) is 1. The minimum atomic E-state index is -2.63. The van der Waals surface area contributed by atoms with Crippen molar-refractivity contribution in [2.45, 2.75) is 18.8 Å². The van der Waals surface area contributed by atoms with Crippen LogP contribution in [0.5, 0.6) is 0 Å². The van der Waals surface area contributed by atoms with E-state index in [4.69, 9.17) is 18.5 Å². The van der Waals surface area contributed by atoms with Gasteiger partial charge in [-0.3, -0.25) is 0 Å². The van der Waals surface area contributed by atoms with Gasteiger partial charge in [0.1, 0.15) is 6.61 Å². The van der Waals surface area contributed by atoms with E-state index < -0.39 is 67.9 Å². The van der Waals surface area contributed by atoms with Gasteiger partial charge in [-0.05, 0) is 50.1 Å². The number of likely N-dealkylation sites (N-methyl/N-ethyl adjacent to an activating group) is 1. The van der Waals surface area contributed by atoms with E-state index in [1.54, 1.807) is 0 Å². The first-order chi connectivity index (χ1) is 14.1. The van der Waals surface area contributed by atoms with Crippen LogP contribution in [0.3, 0.4) is 0 Å². The molecule has 1 fully saturated rings. The highest BCUT2D eigenvalue weighted by Gasteiger charge is 2.22. The van der Waals surface area contributed by atoms with Gasteiger partial charge in [0.05, 0.1) is 11.5 Å². The van der Waals surface area contributed by atoms with Gasteiger partial charge in [-0.2, -0.15) is 0 Å². The number of aromatic amines is 1. The third-order valence-corrected chi connectivity index (χ3v) is 2.91. The SMILES string of the molecule is [2H]c1c(C([2H])([2H])[C@H]2COC(=O)N2[2H])c([2H])c2c(CC([2H])([2H])N(C)C)c([2H])n([2H])c2c1[2H]. The smallest absolute Gasteiger partial charge is 0.407 e. The molecule has 1 saturated heterocycles. The number of H-pyrrole nitrogens is 1. The number of hydrogen-bond acceptors (Lipinski definition) is 3. The molecule has 21 heavy (non-hydrogen) atoms. The van der Waals surface area contributed by atoms with Crippen molar-refractivity contribution in [3.05, 3.63) is 35.4 Å². The first-order valence-electron chi connectivity index (χ1n) is 11.3. The summed E-state index contributed by atoms with van der Waals surface area (Å²) >= 11 is 0. The van der Waals surface area contributed by atoms with Crippen LogP contribution in [0.2, 0.25) is 2.82 Å². The number of cyclic esters (lactones) is 1. The van der Waals surface area contributed by atoms with Gasteiger partial charge in [0.15, 0.2) is 2.82 Å². The fourth-order valence-corrected chi connectivity index (χ4v) is 1.91. The Balaban J connectivity index is 2.33. The number of fused-ring (bicyclic) bond motifs is 1. The maximum atomic E-state index is 11.6. The molecule has 1 aromatic heterocycles. The van der Waals surface area contributed by atoms with Gasteiger partial charge in [-0.15, -0.1) is 0 Å². The van der Waals surface area contributed by atoms with Gasteiger partial charge in [-0.25, -0.2) is 4.79 Å². The monoisotopic (exact) mass is 297 g/mol. The van der Waals surface area contributed by atoms with Crippen molar-refractivity contribution < 1.29 is 23.3 Å². The van der Waals surface area contributed by atoms with Crippen LogP contribution in [0.1, 0.15) is 22.1 Å². The van der Waals surface area contributed by atoms with Gasteiger partial charge in [-0.1, -0.05) is 6.04 Å². The molecule has 1 aromatic carbocycles. The highest BCUT2D eigenvalue weighted by molar-refractivity contribution is 5.84. The summed E-state index contributed by atoms with van der Waals surface area (Å²) in [6.07, 6.45) is -4.59. The molecule has 0 radical (unpaired) electrons. The predicted octanol–water partition coefficient (Wildman–Crippen LogP) is 1.92. The summed E-state index contributed by atoms with van der Waals surface area (Å²) in [7, 11) is 2.96. The van der Waals surface area contributed by atoms with E-state index in [0.717, 1.165) is 0 Å². The fraction of sp³-hybridized carbons (Fsp3) is 0.438. The lowest BCUT2D eigenvalue weighted by atomic mass is 10.0. The van der Waals surface area contributed by atoms with Gasteiger partial charge >= 0.3 is 6.09 Å². The summed E-state index contributed by atoms with van der Waals surface area (Å²) in [6.45, 7) is -2.46. The Morgan fingerprint density at radius 3 is 3.14 bits per heavy atom. The predicted molar refractivity (Wildman–Crippen MR) is 82.5 cm³/mol. The average Bonchev–Trinajstić information content (AvgIpc) is 3.12. The number of hydrogen-bond donors (Lipinski definition) is 2. The number of aromatic nitrogens is 1. The largest absolute Gasteiger partial charge is 0.447 e. The summed E-state index contributed by atoms with van der Waals surface area (Å²) in [5.74, 6) is 0. The van der Waals surface area contributed by atoms with Crippen molar-refractivity contribution in [1.82, 2.24) is 15.2 Å². The number of carbonyl (C=O) groups excluding carboxylic acids is 1. The second kappa shape index (κ2) is 5.77. The molecule has 112 valence electrons. The standard InChI is InChI=1S/C16H21N3O2/c1-19(2)6-5-12-9-17-15-4-3-11(8-14(12)15)7-13-10-21-16(20)18-13/h3-4,8-9,13,17H,5-7,10H2,1-2H3,(H,18,20)/t13-/m0/s1/i3D,4D,6D2,7D2,8D,9D/hD2. The second-order valence-electron chi connectivity index (χ2n) is 4.77. The topological polar surface area (TPSA) is 57.4 Å². The van der Waals surface area contributed by atoms with Gasteiger partial charge in [0.2, 0.25) is 0 Å². The first kappa shape index (κ1) is 6.40. The zero-order chi connectivity index (χ0) is 23.6. The lowest BCUT2D eigenvalue weighted by Gasteiger charge is -2.09. The number of alkyl carbamates (subject to hydrolysis) is 1. The highest BCUT2D eigenvalue weighted by atomic mass is 16.6. The third kappa shape index (κ3) is 3.19. The molecule has 5 nitrogen and oxygen atoms in total. The van der Waals surface area contributed by atoms with Crippen LogP contribution in [0, 0.1) is 0 Å². The molecule has 1 aliphatic rings. The summed E-state index contributed by atoms with van der Waals surface area (Å²) in [5, 5.41) is 0.108. The van der Waals surface area contributed by atoms with Crippen LogP contribution in [0.25, 0.3) is 10.9 Å². The number of rotatable bonds is 5. The zero-order valence-corrected chi connectivity index (χ0v) is 11.6. The second-order valence-corrected chi connectivity index (χ2v) is 4.77. The molecule has 0 bridgehead atoms. The van der Waals surface area contributed by atoms with Crippen LogP contribution in [-0.2, 0) is 17.5 Å². The first-order valence-corrected chi connectivity index (χ1v) is 6.40. The van der Waals surface area contributed by atoms with E-state index >= 15 is 0 Å². The van der Waals surface area contributed by atoms with Crippen molar-refractivity contribution in [2.75, 3.05) is 27.2 Å². The Morgan fingerprint density at radius 1 is 1.57 bits per heavy atom. The number of aryl methyl sites for hydroxylation is 1. The lowest BCUT2D eigenvalue weighted by Crippen LogP contribution is -2.28. The van der Waals surface area contributed by atoms with Gasteiger partial charge in [0, 0.05) is 29.1 Å². The summed E-state index contributed by atoms with van der Waals surface area (Å²) in [4.78, 5) is 13.3. The molecule has 3 rings (SSSR count). The molecular weight excluding hydrogens is 266 g/mol. The fourth-order valence-electron chi connectivity index (χ4n) is 1.91. The van der Waals surface area contributed by atoms with E-state index in [9.17, 15) is 4.79 Å². The molecule has 0 spiro atoms. The van der Waals surface area contributed by atoms with Gasteiger partial charge in [0.25, 0.3) is 0 Å². The third-order valence-electron chi connectivity index (χ3n) is 2.91. The van der Waals surface area contributed by atoms with Crippen LogP contribution in [0.15, 0.2) is 24.3 Å². The molecule has 0 saturated carbocycles. The van der Waals surface area contributed by atoms with Crippen LogP contribution >= 0.6 is 0 Å². The molecule has 0 aliphatic carbocycles. The van der Waals surface area contributed by atoms with E-state index in [-0.39, 0.29) is 21.8 Å². The Kier molecular flexibility index (Phi) is 1.76. The summed E-state index contributed by atoms with van der Waals surface area (Å²) in [6, 6.07) is -3.37. The maximum absolute atomic E-state index is 11.6. The van der Waals surface area contributed by atoms with E-state index in [1.807, 2.05) is 0 Å². The van der Waals surface area contributed by atoms with E-state index in [2.05, 4.69) is 0 Å².